The van der Waals surface area contributed by atoms with Gasteiger partial charge < -0.3 is 10.0 Å². The third-order valence-corrected chi connectivity index (χ3v) is 3.69. The van der Waals surface area contributed by atoms with Gasteiger partial charge in [0, 0.05) is 23.1 Å². The van der Waals surface area contributed by atoms with E-state index in [1.54, 1.807) is 4.90 Å². The maximum atomic E-state index is 12.4. The van der Waals surface area contributed by atoms with Crippen LogP contribution in [0.3, 0.4) is 0 Å². The lowest BCUT2D eigenvalue weighted by atomic mass is 10.1. The van der Waals surface area contributed by atoms with E-state index in [4.69, 9.17) is 5.11 Å². The number of halogens is 1. The van der Waals surface area contributed by atoms with Crippen LogP contribution >= 0.6 is 15.9 Å². The molecule has 0 spiro atoms. The zero-order valence-corrected chi connectivity index (χ0v) is 13.1. The van der Waals surface area contributed by atoms with Crippen LogP contribution in [-0.4, -0.2) is 35.6 Å². The maximum Gasteiger partial charge on any atom is 0.253 e. The van der Waals surface area contributed by atoms with E-state index in [-0.39, 0.29) is 12.5 Å². The number of benzene rings is 2. The summed E-state index contributed by atoms with van der Waals surface area (Å²) in [6, 6.07) is 11.7. The summed E-state index contributed by atoms with van der Waals surface area (Å²) >= 11 is 3.44. The molecule has 2 aromatic carbocycles. The fraction of sp³-hybridized carbons (Fsp3) is 0.312. The van der Waals surface area contributed by atoms with Crippen LogP contribution < -0.4 is 0 Å². The number of rotatable bonds is 5. The number of hydrogen-bond donors (Lipinski definition) is 1. The molecule has 0 saturated carbocycles. The van der Waals surface area contributed by atoms with Gasteiger partial charge in [0.05, 0.1) is 6.61 Å². The van der Waals surface area contributed by atoms with Gasteiger partial charge in [-0.05, 0) is 41.5 Å². The molecule has 1 N–H and O–H groups in total. The summed E-state index contributed by atoms with van der Waals surface area (Å²) in [7, 11) is 0. The van der Waals surface area contributed by atoms with Gasteiger partial charge in [-0.2, -0.15) is 0 Å². The molecule has 106 valence electrons. The number of nitrogens with zero attached hydrogens (tertiary/aromatic N) is 1. The van der Waals surface area contributed by atoms with Crippen molar-refractivity contribution in [2.24, 2.45) is 0 Å². The van der Waals surface area contributed by atoms with Crippen molar-refractivity contribution in [3.8, 4) is 0 Å². The molecule has 0 bridgehead atoms. The minimum absolute atomic E-state index is 0.00767. The number of aliphatic hydroxyl groups excluding tert-OH is 1. The highest BCUT2D eigenvalue weighted by atomic mass is 79.9. The van der Waals surface area contributed by atoms with Crippen molar-refractivity contribution < 1.29 is 9.90 Å². The second kappa shape index (κ2) is 6.86. The molecule has 0 unspecified atom stereocenters. The summed E-state index contributed by atoms with van der Waals surface area (Å²) in [5.74, 6) is -0.0225. The minimum atomic E-state index is -0.0225. The Labute approximate surface area is 127 Å². The molecule has 0 heterocycles. The normalized spacial score (nSPS) is 10.8. The summed E-state index contributed by atoms with van der Waals surface area (Å²) < 4.78 is 1.02. The summed E-state index contributed by atoms with van der Waals surface area (Å²) in [5, 5.41) is 11.2. The molecule has 0 atom stereocenters. The smallest absolute Gasteiger partial charge is 0.253 e. The van der Waals surface area contributed by atoms with Crippen LogP contribution in [0.5, 0.6) is 0 Å². The molecule has 0 saturated heterocycles. The van der Waals surface area contributed by atoms with E-state index in [1.807, 2.05) is 43.3 Å². The molecule has 0 aliphatic carbocycles. The summed E-state index contributed by atoms with van der Waals surface area (Å²) in [4.78, 5) is 14.1. The zero-order valence-electron chi connectivity index (χ0n) is 11.5. The summed E-state index contributed by atoms with van der Waals surface area (Å²) in [6.07, 6.45) is 0.881. The van der Waals surface area contributed by atoms with E-state index >= 15 is 0 Å². The van der Waals surface area contributed by atoms with Crippen molar-refractivity contribution in [3.05, 3.63) is 46.4 Å². The van der Waals surface area contributed by atoms with Crippen LogP contribution in [0.25, 0.3) is 10.8 Å². The molecule has 20 heavy (non-hydrogen) atoms. The van der Waals surface area contributed by atoms with Crippen LogP contribution in [0.4, 0.5) is 0 Å². The Hall–Kier alpha value is -1.39. The van der Waals surface area contributed by atoms with Crippen LogP contribution in [0.1, 0.15) is 23.7 Å². The van der Waals surface area contributed by atoms with Gasteiger partial charge in [0.1, 0.15) is 0 Å². The Balaban J connectivity index is 2.31. The lowest BCUT2D eigenvalue weighted by Gasteiger charge is -2.21. The first-order valence-corrected chi connectivity index (χ1v) is 7.54. The highest BCUT2D eigenvalue weighted by molar-refractivity contribution is 9.10. The lowest BCUT2D eigenvalue weighted by molar-refractivity contribution is 0.0722. The number of fused-ring (bicyclic) bond motifs is 1. The van der Waals surface area contributed by atoms with Crippen molar-refractivity contribution >= 4 is 32.6 Å². The van der Waals surface area contributed by atoms with Gasteiger partial charge in [-0.1, -0.05) is 35.0 Å². The molecule has 2 rings (SSSR count). The van der Waals surface area contributed by atoms with E-state index in [9.17, 15) is 4.79 Å². The Morgan fingerprint density at radius 2 is 1.85 bits per heavy atom. The Morgan fingerprint density at radius 1 is 1.15 bits per heavy atom. The molecule has 2 aromatic rings. The quantitative estimate of drug-likeness (QED) is 0.909. The third kappa shape index (κ3) is 3.38. The van der Waals surface area contributed by atoms with Crippen molar-refractivity contribution in [1.82, 2.24) is 4.90 Å². The SMILES string of the molecule is CCCN(CCO)C(=O)c1ccc2cc(Br)ccc2c1. The molecular weight excluding hydrogens is 318 g/mol. The molecule has 4 heteroatoms. The molecule has 1 amide bonds. The van der Waals surface area contributed by atoms with Crippen molar-refractivity contribution in [3.63, 3.8) is 0 Å². The fourth-order valence-electron chi connectivity index (χ4n) is 2.24. The molecule has 0 fully saturated rings. The largest absolute Gasteiger partial charge is 0.395 e. The number of amides is 1. The molecule has 0 aliphatic heterocycles. The highest BCUT2D eigenvalue weighted by Gasteiger charge is 2.14. The van der Waals surface area contributed by atoms with E-state index < -0.39 is 0 Å². The highest BCUT2D eigenvalue weighted by Crippen LogP contribution is 2.21. The second-order valence-electron chi connectivity index (χ2n) is 4.72. The molecule has 0 aliphatic rings. The van der Waals surface area contributed by atoms with E-state index in [0.29, 0.717) is 18.7 Å². The van der Waals surface area contributed by atoms with Gasteiger partial charge in [-0.15, -0.1) is 0 Å². The van der Waals surface area contributed by atoms with Gasteiger partial charge in [0.15, 0.2) is 0 Å². The number of carbonyl (C=O) groups excluding carboxylic acids is 1. The first-order chi connectivity index (χ1) is 9.65. The minimum Gasteiger partial charge on any atom is -0.395 e. The van der Waals surface area contributed by atoms with Gasteiger partial charge in [-0.3, -0.25) is 4.79 Å². The monoisotopic (exact) mass is 335 g/mol. The van der Waals surface area contributed by atoms with Crippen LogP contribution in [0, 0.1) is 0 Å². The van der Waals surface area contributed by atoms with Gasteiger partial charge in [0.25, 0.3) is 5.91 Å². The van der Waals surface area contributed by atoms with Crippen molar-refractivity contribution in [2.45, 2.75) is 13.3 Å². The average Bonchev–Trinajstić information content (AvgIpc) is 2.45. The number of hydrogen-bond acceptors (Lipinski definition) is 2. The summed E-state index contributed by atoms with van der Waals surface area (Å²) in [5.41, 5.74) is 0.668. The Morgan fingerprint density at radius 3 is 2.55 bits per heavy atom. The third-order valence-electron chi connectivity index (χ3n) is 3.20. The van der Waals surface area contributed by atoms with Crippen LogP contribution in [0.2, 0.25) is 0 Å². The van der Waals surface area contributed by atoms with E-state index in [0.717, 1.165) is 21.7 Å². The van der Waals surface area contributed by atoms with E-state index in [2.05, 4.69) is 15.9 Å². The topological polar surface area (TPSA) is 40.5 Å². The molecule has 0 radical (unpaired) electrons. The van der Waals surface area contributed by atoms with Gasteiger partial charge in [-0.25, -0.2) is 0 Å². The first kappa shape index (κ1) is 15.0. The summed E-state index contributed by atoms with van der Waals surface area (Å²) in [6.45, 7) is 3.06. The molecular formula is C16H18BrNO2. The lowest BCUT2D eigenvalue weighted by Crippen LogP contribution is -2.34. The van der Waals surface area contributed by atoms with Gasteiger partial charge >= 0.3 is 0 Å². The Bertz CT molecular complexity index is 606. The maximum absolute atomic E-state index is 12.4. The molecule has 3 nitrogen and oxygen atoms in total. The van der Waals surface area contributed by atoms with Crippen LogP contribution in [-0.2, 0) is 0 Å². The first-order valence-electron chi connectivity index (χ1n) is 6.75. The number of carbonyl (C=O) groups is 1. The van der Waals surface area contributed by atoms with Crippen molar-refractivity contribution in [1.29, 1.82) is 0 Å². The number of aliphatic hydroxyl groups is 1. The second-order valence-corrected chi connectivity index (χ2v) is 5.64. The van der Waals surface area contributed by atoms with Gasteiger partial charge in [0.2, 0.25) is 0 Å². The van der Waals surface area contributed by atoms with Crippen LogP contribution in [0.15, 0.2) is 40.9 Å². The molecule has 0 aromatic heterocycles. The zero-order chi connectivity index (χ0) is 14.5. The standard InChI is InChI=1S/C16H18BrNO2/c1-2-7-18(8-9-19)16(20)14-4-3-13-11-15(17)6-5-12(13)10-14/h3-6,10-11,19H,2,7-9H2,1H3. The predicted molar refractivity (Wildman–Crippen MR) is 84.9 cm³/mol. The predicted octanol–water partition coefficient (Wildman–Crippen LogP) is 3.45. The van der Waals surface area contributed by atoms with Crippen molar-refractivity contribution in [2.75, 3.05) is 19.7 Å². The fourth-order valence-corrected chi connectivity index (χ4v) is 2.62. The van der Waals surface area contributed by atoms with E-state index in [1.165, 1.54) is 0 Å². The Kier molecular flexibility index (Phi) is 5.15. The average molecular weight is 336 g/mol.